The van der Waals surface area contributed by atoms with Crippen molar-refractivity contribution >= 4 is 16.8 Å². The van der Waals surface area contributed by atoms with Gasteiger partial charge in [0.25, 0.3) is 5.91 Å². The largest absolute Gasteiger partial charge is 0.494 e. The number of carbonyl (C=O) groups is 1. The quantitative estimate of drug-likeness (QED) is 0.943. The Hall–Kier alpha value is -2.01. The van der Waals surface area contributed by atoms with Crippen molar-refractivity contribution in [2.45, 2.75) is 19.9 Å². The maximum atomic E-state index is 12.6. The predicted octanol–water partition coefficient (Wildman–Crippen LogP) is 2.43. The van der Waals surface area contributed by atoms with E-state index in [4.69, 9.17) is 9.47 Å². The first-order chi connectivity index (χ1) is 10.2. The lowest BCUT2D eigenvalue weighted by molar-refractivity contribution is 0.00332. The highest BCUT2D eigenvalue weighted by Gasteiger charge is 2.25. The zero-order valence-corrected chi connectivity index (χ0v) is 12.4. The summed E-state index contributed by atoms with van der Waals surface area (Å²) < 4.78 is 10.9. The Morgan fingerprint density at radius 1 is 1.48 bits per heavy atom. The topological polar surface area (TPSA) is 54.6 Å². The molecule has 1 fully saturated rings. The summed E-state index contributed by atoms with van der Waals surface area (Å²) in [6.45, 7) is 6.43. The second-order valence-electron chi connectivity index (χ2n) is 5.29. The molecular formula is C16H20N2O3. The number of hydrogen-bond acceptors (Lipinski definition) is 3. The van der Waals surface area contributed by atoms with Crippen molar-refractivity contribution in [3.05, 3.63) is 30.0 Å². The van der Waals surface area contributed by atoms with E-state index in [1.165, 1.54) is 0 Å². The van der Waals surface area contributed by atoms with Gasteiger partial charge in [0.05, 0.1) is 25.9 Å². The van der Waals surface area contributed by atoms with Crippen LogP contribution in [0, 0.1) is 0 Å². The van der Waals surface area contributed by atoms with Crippen LogP contribution in [-0.4, -0.2) is 48.2 Å². The number of H-pyrrole nitrogens is 1. The number of nitrogens with one attached hydrogen (secondary N) is 1. The van der Waals surface area contributed by atoms with E-state index in [-0.39, 0.29) is 11.9 Å². The van der Waals surface area contributed by atoms with Crippen molar-refractivity contribution in [2.75, 3.05) is 26.4 Å². The first-order valence-electron chi connectivity index (χ1n) is 7.33. The van der Waals surface area contributed by atoms with Crippen LogP contribution in [0.3, 0.4) is 0 Å². The highest BCUT2D eigenvalue weighted by molar-refractivity contribution is 5.98. The van der Waals surface area contributed by atoms with Crippen LogP contribution < -0.4 is 4.74 Å². The molecule has 2 heterocycles. The van der Waals surface area contributed by atoms with Gasteiger partial charge in [-0.25, -0.2) is 0 Å². The number of morpholine rings is 1. The van der Waals surface area contributed by atoms with Crippen LogP contribution in [0.25, 0.3) is 10.9 Å². The van der Waals surface area contributed by atoms with E-state index in [2.05, 4.69) is 4.98 Å². The Bertz CT molecular complexity index is 650. The molecule has 1 aliphatic heterocycles. The second kappa shape index (κ2) is 5.77. The first-order valence-corrected chi connectivity index (χ1v) is 7.33. The van der Waals surface area contributed by atoms with E-state index in [0.29, 0.717) is 32.1 Å². The number of fused-ring (bicyclic) bond motifs is 1. The third-order valence-electron chi connectivity index (χ3n) is 3.76. The van der Waals surface area contributed by atoms with E-state index < -0.39 is 0 Å². The van der Waals surface area contributed by atoms with Gasteiger partial charge in [0.15, 0.2) is 0 Å². The summed E-state index contributed by atoms with van der Waals surface area (Å²) in [7, 11) is 0. The lowest BCUT2D eigenvalue weighted by Gasteiger charge is -2.32. The van der Waals surface area contributed by atoms with Crippen LogP contribution in [0.2, 0.25) is 0 Å². The molecule has 21 heavy (non-hydrogen) atoms. The molecule has 1 amide bonds. The van der Waals surface area contributed by atoms with Crippen LogP contribution in [0.5, 0.6) is 5.75 Å². The fourth-order valence-electron chi connectivity index (χ4n) is 2.66. The number of aromatic nitrogens is 1. The number of rotatable bonds is 3. The molecule has 5 heteroatoms. The van der Waals surface area contributed by atoms with Gasteiger partial charge >= 0.3 is 0 Å². The number of amides is 1. The van der Waals surface area contributed by atoms with Gasteiger partial charge in [-0.1, -0.05) is 0 Å². The predicted molar refractivity (Wildman–Crippen MR) is 80.8 cm³/mol. The van der Waals surface area contributed by atoms with Crippen molar-refractivity contribution in [1.29, 1.82) is 0 Å². The Morgan fingerprint density at radius 3 is 3.10 bits per heavy atom. The fourth-order valence-corrected chi connectivity index (χ4v) is 2.66. The molecule has 1 aromatic heterocycles. The summed E-state index contributed by atoms with van der Waals surface area (Å²) in [5.74, 6) is 0.838. The van der Waals surface area contributed by atoms with Crippen molar-refractivity contribution in [1.82, 2.24) is 9.88 Å². The molecule has 0 radical (unpaired) electrons. The van der Waals surface area contributed by atoms with E-state index in [1.807, 2.05) is 43.0 Å². The third kappa shape index (κ3) is 2.74. The summed E-state index contributed by atoms with van der Waals surface area (Å²) in [4.78, 5) is 17.7. The van der Waals surface area contributed by atoms with E-state index in [9.17, 15) is 4.79 Å². The summed E-state index contributed by atoms with van der Waals surface area (Å²) in [6, 6.07) is 7.83. The number of nitrogens with zero attached hydrogens (tertiary/aromatic N) is 1. The lowest BCUT2D eigenvalue weighted by Crippen LogP contribution is -2.47. The van der Waals surface area contributed by atoms with Gasteiger partial charge < -0.3 is 19.4 Å². The molecule has 0 bridgehead atoms. The Labute approximate surface area is 123 Å². The minimum atomic E-state index is 0.0277. The molecule has 0 aliphatic carbocycles. The normalized spacial score (nSPS) is 19.0. The fraction of sp³-hybridized carbons (Fsp3) is 0.438. The van der Waals surface area contributed by atoms with E-state index in [1.54, 1.807) is 0 Å². The number of hydrogen-bond donors (Lipinski definition) is 1. The molecule has 0 unspecified atom stereocenters. The summed E-state index contributed by atoms with van der Waals surface area (Å²) in [6.07, 6.45) is 0. The van der Waals surface area contributed by atoms with Gasteiger partial charge in [-0.3, -0.25) is 4.79 Å². The molecule has 5 nitrogen and oxygen atoms in total. The zero-order chi connectivity index (χ0) is 14.8. The highest BCUT2D eigenvalue weighted by Crippen LogP contribution is 2.23. The molecule has 1 aliphatic rings. The smallest absolute Gasteiger partial charge is 0.270 e. The van der Waals surface area contributed by atoms with Crippen molar-refractivity contribution in [3.8, 4) is 5.75 Å². The lowest BCUT2D eigenvalue weighted by atomic mass is 10.2. The number of benzene rings is 1. The Balaban J connectivity index is 1.87. The summed E-state index contributed by atoms with van der Waals surface area (Å²) in [5, 5.41) is 1.02. The molecule has 1 atom stereocenters. The number of aromatic amines is 1. The van der Waals surface area contributed by atoms with Crippen LogP contribution in [0.4, 0.5) is 0 Å². The van der Waals surface area contributed by atoms with Gasteiger partial charge in [0.2, 0.25) is 0 Å². The molecule has 3 rings (SSSR count). The zero-order valence-electron chi connectivity index (χ0n) is 12.4. The van der Waals surface area contributed by atoms with Crippen molar-refractivity contribution < 1.29 is 14.3 Å². The molecule has 1 N–H and O–H groups in total. The van der Waals surface area contributed by atoms with Crippen LogP contribution >= 0.6 is 0 Å². The second-order valence-corrected chi connectivity index (χ2v) is 5.29. The maximum absolute atomic E-state index is 12.6. The molecule has 0 spiro atoms. The Kier molecular flexibility index (Phi) is 3.84. The minimum absolute atomic E-state index is 0.0277. The summed E-state index contributed by atoms with van der Waals surface area (Å²) >= 11 is 0. The summed E-state index contributed by atoms with van der Waals surface area (Å²) in [5.41, 5.74) is 1.54. The average molecular weight is 288 g/mol. The minimum Gasteiger partial charge on any atom is -0.494 e. The van der Waals surface area contributed by atoms with Crippen LogP contribution in [0.1, 0.15) is 24.3 Å². The Morgan fingerprint density at radius 2 is 2.33 bits per heavy atom. The van der Waals surface area contributed by atoms with Gasteiger partial charge in [0, 0.05) is 23.5 Å². The molecule has 1 saturated heterocycles. The SMILES string of the molecule is CCOc1ccc2cc(C(=O)N3CCOC[C@@H]3C)[nH]c2c1. The molecule has 0 saturated carbocycles. The van der Waals surface area contributed by atoms with Crippen molar-refractivity contribution in [2.24, 2.45) is 0 Å². The third-order valence-corrected chi connectivity index (χ3v) is 3.76. The standard InChI is InChI=1S/C16H20N2O3/c1-3-21-13-5-4-12-8-15(17-14(12)9-13)16(19)18-6-7-20-10-11(18)2/h4-5,8-9,11,17H,3,6-7,10H2,1-2H3/t11-/m0/s1. The van der Waals surface area contributed by atoms with Gasteiger partial charge in [-0.2, -0.15) is 0 Å². The number of ether oxygens (including phenoxy) is 2. The van der Waals surface area contributed by atoms with Gasteiger partial charge in [-0.15, -0.1) is 0 Å². The number of carbonyl (C=O) groups excluding carboxylic acids is 1. The van der Waals surface area contributed by atoms with Crippen LogP contribution in [-0.2, 0) is 4.74 Å². The highest BCUT2D eigenvalue weighted by atomic mass is 16.5. The average Bonchev–Trinajstić information content (AvgIpc) is 2.90. The monoisotopic (exact) mass is 288 g/mol. The van der Waals surface area contributed by atoms with E-state index in [0.717, 1.165) is 16.7 Å². The molecule has 2 aromatic rings. The first kappa shape index (κ1) is 13.9. The van der Waals surface area contributed by atoms with Gasteiger partial charge in [0.1, 0.15) is 11.4 Å². The van der Waals surface area contributed by atoms with Gasteiger partial charge in [-0.05, 0) is 32.0 Å². The van der Waals surface area contributed by atoms with Crippen molar-refractivity contribution in [3.63, 3.8) is 0 Å². The molecule has 1 aromatic carbocycles. The molecule has 112 valence electrons. The molecular weight excluding hydrogens is 268 g/mol. The maximum Gasteiger partial charge on any atom is 0.270 e. The van der Waals surface area contributed by atoms with E-state index >= 15 is 0 Å². The van der Waals surface area contributed by atoms with Crippen LogP contribution in [0.15, 0.2) is 24.3 Å².